The molecule has 0 unspecified atom stereocenters. The number of carbonyl (C=O) groups excluding carboxylic acids is 1. The Hall–Kier alpha value is -4.53. The highest BCUT2D eigenvalue weighted by Gasteiger charge is 2.29. The molecule has 0 aliphatic carbocycles. The zero-order valence-electron chi connectivity index (χ0n) is 19.3. The molecule has 2 aromatic heterocycles. The minimum Gasteiger partial charge on any atom is -0.481 e. The molecule has 0 atom stereocenters. The maximum absolute atomic E-state index is 12.9. The number of carboxylic acids is 1. The molecule has 0 aliphatic rings. The van der Waals surface area contributed by atoms with Gasteiger partial charge in [-0.1, -0.05) is 59.8 Å². The number of hydrogen-bond acceptors (Lipinski definition) is 7. The third-order valence-electron chi connectivity index (χ3n) is 5.61. The summed E-state index contributed by atoms with van der Waals surface area (Å²) in [5, 5.41) is 20.0. The Balaban J connectivity index is 1.44. The monoisotopic (exact) mass is 472 g/mol. The van der Waals surface area contributed by atoms with E-state index in [-0.39, 0.29) is 29.8 Å². The van der Waals surface area contributed by atoms with E-state index < -0.39 is 11.4 Å². The van der Waals surface area contributed by atoms with E-state index in [1.54, 1.807) is 50.2 Å². The molecular weight excluding hydrogens is 448 g/mol. The van der Waals surface area contributed by atoms with Crippen LogP contribution in [0.4, 0.5) is 0 Å². The zero-order valence-corrected chi connectivity index (χ0v) is 19.3. The number of aromatic nitrogens is 3. The first kappa shape index (κ1) is 23.6. The molecule has 0 radical (unpaired) electrons. The number of amides is 1. The normalized spacial score (nSPS) is 11.1. The van der Waals surface area contributed by atoms with Crippen LogP contribution in [0.1, 0.15) is 46.6 Å². The minimum absolute atomic E-state index is 0.0774. The highest BCUT2D eigenvalue weighted by molar-refractivity contribution is 5.96. The SMILES string of the molecule is CC(C)(C(=O)O)c1ccc(CNC(=O)c2cccnc2Oc2nonc2Cc2ccccc2)cc1. The predicted molar refractivity (Wildman–Crippen MR) is 126 cm³/mol. The maximum atomic E-state index is 12.9. The van der Waals surface area contributed by atoms with E-state index in [0.29, 0.717) is 17.7 Å². The summed E-state index contributed by atoms with van der Waals surface area (Å²) in [4.78, 5) is 28.5. The molecule has 9 nitrogen and oxygen atoms in total. The van der Waals surface area contributed by atoms with Crippen molar-refractivity contribution < 1.29 is 24.1 Å². The number of nitrogens with zero attached hydrogens (tertiary/aromatic N) is 3. The van der Waals surface area contributed by atoms with E-state index in [2.05, 4.69) is 20.6 Å². The van der Waals surface area contributed by atoms with Gasteiger partial charge in [0.25, 0.3) is 11.8 Å². The molecule has 9 heteroatoms. The van der Waals surface area contributed by atoms with Gasteiger partial charge in [-0.3, -0.25) is 9.59 Å². The summed E-state index contributed by atoms with van der Waals surface area (Å²) in [6, 6.07) is 20.0. The van der Waals surface area contributed by atoms with E-state index >= 15 is 0 Å². The van der Waals surface area contributed by atoms with Crippen LogP contribution >= 0.6 is 0 Å². The molecule has 0 saturated carbocycles. The van der Waals surface area contributed by atoms with Gasteiger partial charge in [0, 0.05) is 19.2 Å². The maximum Gasteiger partial charge on any atom is 0.313 e. The standard InChI is InChI=1S/C26H24N4O5/c1-26(2,25(32)33)19-12-10-18(11-13-19)16-28-22(31)20-9-6-14-27-23(20)34-24-21(29-35-30-24)15-17-7-4-3-5-8-17/h3-14H,15-16H2,1-2H3,(H,28,31)(H,32,33). The number of nitrogens with one attached hydrogen (secondary N) is 1. The van der Waals surface area contributed by atoms with Crippen molar-refractivity contribution in [1.82, 2.24) is 20.6 Å². The molecule has 0 bridgehead atoms. The van der Waals surface area contributed by atoms with Crippen molar-refractivity contribution in [1.29, 1.82) is 0 Å². The topological polar surface area (TPSA) is 127 Å². The Labute approximate surface area is 201 Å². The van der Waals surface area contributed by atoms with Gasteiger partial charge in [-0.2, -0.15) is 0 Å². The molecule has 2 heterocycles. The number of pyridine rings is 1. The first-order valence-electron chi connectivity index (χ1n) is 10.9. The predicted octanol–water partition coefficient (Wildman–Crippen LogP) is 4.14. The van der Waals surface area contributed by atoms with Crippen LogP contribution in [0.15, 0.2) is 77.6 Å². The van der Waals surface area contributed by atoms with Gasteiger partial charge in [-0.05, 0) is 47.8 Å². The largest absolute Gasteiger partial charge is 0.481 e. The van der Waals surface area contributed by atoms with Crippen molar-refractivity contribution in [2.75, 3.05) is 0 Å². The number of carboxylic acid groups (broad SMARTS) is 1. The molecule has 2 aromatic carbocycles. The van der Waals surface area contributed by atoms with Crippen LogP contribution in [-0.2, 0) is 23.2 Å². The second kappa shape index (κ2) is 10.2. The molecule has 1 amide bonds. The van der Waals surface area contributed by atoms with E-state index in [4.69, 9.17) is 9.37 Å². The van der Waals surface area contributed by atoms with E-state index in [9.17, 15) is 14.7 Å². The van der Waals surface area contributed by atoms with Gasteiger partial charge >= 0.3 is 5.97 Å². The Morgan fingerprint density at radius 1 is 0.943 bits per heavy atom. The quantitative estimate of drug-likeness (QED) is 0.372. The summed E-state index contributed by atoms with van der Waals surface area (Å²) in [6.45, 7) is 3.53. The van der Waals surface area contributed by atoms with Gasteiger partial charge in [0.05, 0.1) is 5.41 Å². The first-order valence-corrected chi connectivity index (χ1v) is 10.9. The van der Waals surface area contributed by atoms with Gasteiger partial charge in [0.15, 0.2) is 5.69 Å². The number of aliphatic carboxylic acids is 1. The Morgan fingerprint density at radius 2 is 1.69 bits per heavy atom. The minimum atomic E-state index is -1.00. The summed E-state index contributed by atoms with van der Waals surface area (Å²) < 4.78 is 10.7. The second-order valence-electron chi connectivity index (χ2n) is 8.45. The van der Waals surface area contributed by atoms with E-state index in [0.717, 1.165) is 11.1 Å². The molecule has 0 saturated heterocycles. The number of benzene rings is 2. The van der Waals surface area contributed by atoms with Crippen molar-refractivity contribution >= 4 is 11.9 Å². The fraction of sp³-hybridized carbons (Fsp3) is 0.192. The van der Waals surface area contributed by atoms with Gasteiger partial charge < -0.3 is 15.2 Å². The first-order chi connectivity index (χ1) is 16.8. The summed E-state index contributed by atoms with van der Waals surface area (Å²) in [5.41, 5.74) is 2.21. The zero-order chi connectivity index (χ0) is 24.8. The van der Waals surface area contributed by atoms with Crippen molar-refractivity contribution in [3.8, 4) is 11.8 Å². The fourth-order valence-corrected chi connectivity index (χ4v) is 3.35. The lowest BCUT2D eigenvalue weighted by Gasteiger charge is -2.19. The Kier molecular flexibility index (Phi) is 6.86. The van der Waals surface area contributed by atoms with Crippen LogP contribution in [0.2, 0.25) is 0 Å². The number of ether oxygens (including phenoxy) is 1. The third kappa shape index (κ3) is 5.52. The van der Waals surface area contributed by atoms with Crippen molar-refractivity contribution in [3.63, 3.8) is 0 Å². The Bertz CT molecular complexity index is 1320. The highest BCUT2D eigenvalue weighted by Crippen LogP contribution is 2.26. The fourth-order valence-electron chi connectivity index (χ4n) is 3.35. The van der Waals surface area contributed by atoms with Crippen LogP contribution in [-0.4, -0.2) is 32.3 Å². The lowest BCUT2D eigenvalue weighted by Crippen LogP contribution is -2.28. The average molecular weight is 473 g/mol. The summed E-state index contributed by atoms with van der Waals surface area (Å²) >= 11 is 0. The second-order valence-corrected chi connectivity index (χ2v) is 8.45. The lowest BCUT2D eigenvalue weighted by atomic mass is 9.84. The molecule has 4 rings (SSSR count). The van der Waals surface area contributed by atoms with E-state index in [1.807, 2.05) is 30.3 Å². The smallest absolute Gasteiger partial charge is 0.313 e. The summed E-state index contributed by atoms with van der Waals surface area (Å²) in [6.07, 6.45) is 1.96. The van der Waals surface area contributed by atoms with Crippen molar-refractivity contribution in [3.05, 3.63) is 101 Å². The molecular formula is C26H24N4O5. The molecule has 4 aromatic rings. The molecule has 2 N–H and O–H groups in total. The molecule has 0 spiro atoms. The van der Waals surface area contributed by atoms with E-state index in [1.165, 1.54) is 6.20 Å². The van der Waals surface area contributed by atoms with Crippen LogP contribution in [0.3, 0.4) is 0 Å². The van der Waals surface area contributed by atoms with Crippen LogP contribution in [0.25, 0.3) is 0 Å². The third-order valence-corrected chi connectivity index (χ3v) is 5.61. The summed E-state index contributed by atoms with van der Waals surface area (Å²) in [5.74, 6) is -1.08. The van der Waals surface area contributed by atoms with Gasteiger partial charge in [-0.15, -0.1) is 0 Å². The molecule has 0 fully saturated rings. The lowest BCUT2D eigenvalue weighted by molar-refractivity contribution is -0.142. The van der Waals surface area contributed by atoms with Crippen LogP contribution in [0, 0.1) is 0 Å². The van der Waals surface area contributed by atoms with Crippen LogP contribution < -0.4 is 10.1 Å². The van der Waals surface area contributed by atoms with Crippen molar-refractivity contribution in [2.24, 2.45) is 0 Å². The van der Waals surface area contributed by atoms with Gasteiger partial charge in [-0.25, -0.2) is 9.61 Å². The van der Waals surface area contributed by atoms with Crippen LogP contribution in [0.5, 0.6) is 11.8 Å². The number of carbonyl (C=O) groups is 2. The Morgan fingerprint density at radius 3 is 2.40 bits per heavy atom. The van der Waals surface area contributed by atoms with Gasteiger partial charge in [0.1, 0.15) is 5.56 Å². The molecule has 35 heavy (non-hydrogen) atoms. The number of hydrogen-bond donors (Lipinski definition) is 2. The van der Waals surface area contributed by atoms with Crippen molar-refractivity contribution in [2.45, 2.75) is 32.2 Å². The van der Waals surface area contributed by atoms with Gasteiger partial charge in [0.2, 0.25) is 5.88 Å². The highest BCUT2D eigenvalue weighted by atomic mass is 16.6. The summed E-state index contributed by atoms with van der Waals surface area (Å²) in [7, 11) is 0. The average Bonchev–Trinajstić information content (AvgIpc) is 3.30. The number of rotatable bonds is 9. The molecule has 0 aliphatic heterocycles. The molecule has 178 valence electrons.